The summed E-state index contributed by atoms with van der Waals surface area (Å²) in [5, 5.41) is 12.6. The molecular formula is C50H55N7O6. The monoisotopic (exact) mass is 849 g/mol. The van der Waals surface area contributed by atoms with Crippen LogP contribution in [-0.2, 0) is 27.3 Å². The van der Waals surface area contributed by atoms with Gasteiger partial charge in [-0.25, -0.2) is 4.98 Å². The highest BCUT2D eigenvalue weighted by Crippen LogP contribution is 2.48. The van der Waals surface area contributed by atoms with E-state index in [0.29, 0.717) is 74.1 Å². The molecule has 6 aliphatic heterocycles. The fraction of sp³-hybridized carbons (Fsp3) is 0.460. The molecule has 4 saturated heterocycles. The van der Waals surface area contributed by atoms with Gasteiger partial charge in [0, 0.05) is 63.4 Å². The molecule has 2 N–H and O–H groups in total. The summed E-state index contributed by atoms with van der Waals surface area (Å²) in [5.41, 5.74) is 7.72. The van der Waals surface area contributed by atoms with Crippen molar-refractivity contribution in [2.45, 2.75) is 81.8 Å². The largest absolute Gasteiger partial charge is 0.508 e. The first-order chi connectivity index (χ1) is 30.7. The predicted molar refractivity (Wildman–Crippen MR) is 237 cm³/mol. The van der Waals surface area contributed by atoms with E-state index in [9.17, 15) is 24.3 Å². The number of carbonyl (C=O) groups excluding carboxylic acids is 4. The lowest BCUT2D eigenvalue weighted by atomic mass is 9.69. The van der Waals surface area contributed by atoms with Crippen molar-refractivity contribution in [1.29, 1.82) is 0 Å². The van der Waals surface area contributed by atoms with E-state index in [1.165, 1.54) is 22.3 Å². The van der Waals surface area contributed by atoms with E-state index in [1.807, 2.05) is 23.1 Å². The number of aromatic nitrogens is 1. The Hall–Kier alpha value is -5.95. The summed E-state index contributed by atoms with van der Waals surface area (Å²) in [6.07, 6.45) is 9.08. The highest BCUT2D eigenvalue weighted by molar-refractivity contribution is 6.06. The summed E-state index contributed by atoms with van der Waals surface area (Å²) in [4.78, 5) is 67.2. The van der Waals surface area contributed by atoms with Crippen LogP contribution in [0.15, 0.2) is 79.0 Å². The number of aryl methyl sites for hydroxylation is 1. The van der Waals surface area contributed by atoms with E-state index in [1.54, 1.807) is 11.0 Å². The van der Waals surface area contributed by atoms with Gasteiger partial charge in [-0.05, 0) is 128 Å². The Morgan fingerprint density at radius 3 is 2.41 bits per heavy atom. The van der Waals surface area contributed by atoms with Gasteiger partial charge in [-0.3, -0.25) is 29.4 Å². The molecule has 1 aliphatic carbocycles. The van der Waals surface area contributed by atoms with Gasteiger partial charge in [0.25, 0.3) is 5.91 Å². The number of piperidine rings is 3. The third-order valence-corrected chi connectivity index (χ3v) is 15.5. The fourth-order valence-electron chi connectivity index (χ4n) is 11.9. The number of rotatable bonds is 6. The quantitative estimate of drug-likeness (QED) is 0.249. The number of phenols is 1. The maximum Gasteiger partial charge on any atom is 0.255 e. The Balaban J connectivity index is 0.672. The molecule has 326 valence electrons. The summed E-state index contributed by atoms with van der Waals surface area (Å²) in [6.45, 7) is 6.91. The number of anilines is 2. The van der Waals surface area contributed by atoms with Gasteiger partial charge in [0.2, 0.25) is 17.7 Å². The maximum absolute atomic E-state index is 13.8. The highest BCUT2D eigenvalue weighted by atomic mass is 16.5. The fourth-order valence-corrected chi connectivity index (χ4v) is 11.9. The zero-order valence-corrected chi connectivity index (χ0v) is 35.7. The van der Waals surface area contributed by atoms with Crippen molar-refractivity contribution in [3.05, 3.63) is 112 Å². The lowest BCUT2D eigenvalue weighted by Crippen LogP contribution is -2.59. The van der Waals surface area contributed by atoms with Crippen LogP contribution in [0.1, 0.15) is 95.0 Å². The number of aromatic hydroxyl groups is 1. The Labute approximate surface area is 368 Å². The summed E-state index contributed by atoms with van der Waals surface area (Å²) < 4.78 is 6.23. The van der Waals surface area contributed by atoms with Gasteiger partial charge in [0.05, 0.1) is 18.3 Å². The molecule has 4 fully saturated rings. The van der Waals surface area contributed by atoms with Crippen molar-refractivity contribution in [1.82, 2.24) is 25.0 Å². The van der Waals surface area contributed by atoms with Crippen molar-refractivity contribution in [2.24, 2.45) is 5.41 Å². The molecule has 0 saturated carbocycles. The summed E-state index contributed by atoms with van der Waals surface area (Å²) in [6, 6.07) is 24.3. The zero-order chi connectivity index (χ0) is 42.8. The van der Waals surface area contributed by atoms with Gasteiger partial charge in [0.15, 0.2) is 0 Å². The number of likely N-dealkylation sites (tertiary alicyclic amines) is 1. The molecule has 4 amide bonds. The minimum absolute atomic E-state index is 0.0164. The van der Waals surface area contributed by atoms with Crippen LogP contribution in [0.25, 0.3) is 0 Å². The van der Waals surface area contributed by atoms with Gasteiger partial charge >= 0.3 is 0 Å². The van der Waals surface area contributed by atoms with Crippen LogP contribution in [0.5, 0.6) is 11.5 Å². The second-order valence-corrected chi connectivity index (χ2v) is 19.0. The van der Waals surface area contributed by atoms with Crippen molar-refractivity contribution >= 4 is 35.1 Å². The van der Waals surface area contributed by atoms with E-state index < -0.39 is 11.9 Å². The van der Waals surface area contributed by atoms with Crippen LogP contribution >= 0.6 is 0 Å². The minimum atomic E-state index is -0.659. The van der Waals surface area contributed by atoms with Gasteiger partial charge in [0.1, 0.15) is 30.0 Å². The molecule has 63 heavy (non-hydrogen) atoms. The molecule has 0 bridgehead atoms. The van der Waals surface area contributed by atoms with Gasteiger partial charge in [-0.2, -0.15) is 0 Å². The topological polar surface area (TPSA) is 139 Å². The number of hydrogen-bond donors (Lipinski definition) is 2. The molecule has 4 aromatic rings. The number of piperazine rings is 1. The SMILES string of the molecule is O=C1CCC(N2Cc3cc4c(cc3C2=O)OCC2CN(C(=O)CN3CCC5(CC3)CCN(c3ccc(C6c7ccc(O)cc7CCC6c6ccccc6)cn3)CC5)CCN42)C(=O)N1. The molecule has 0 radical (unpaired) electrons. The molecule has 7 aliphatic rings. The molecule has 13 nitrogen and oxygen atoms in total. The number of carbonyl (C=O) groups is 4. The number of fused-ring (bicyclic) bond motifs is 5. The van der Waals surface area contributed by atoms with E-state index in [0.717, 1.165) is 81.8 Å². The van der Waals surface area contributed by atoms with Crippen LogP contribution in [0.3, 0.4) is 0 Å². The van der Waals surface area contributed by atoms with Gasteiger partial charge < -0.3 is 29.4 Å². The Morgan fingerprint density at radius 1 is 0.825 bits per heavy atom. The first-order valence-electron chi connectivity index (χ1n) is 23.0. The number of benzene rings is 3. The predicted octanol–water partition coefficient (Wildman–Crippen LogP) is 5.20. The number of phenolic OH excluding ortho intramolecular Hbond substituents is 1. The second kappa shape index (κ2) is 16.0. The summed E-state index contributed by atoms with van der Waals surface area (Å²) in [5.74, 6) is 1.80. The van der Waals surface area contributed by atoms with Crippen LogP contribution in [0, 0.1) is 5.41 Å². The Bertz CT molecular complexity index is 2440. The molecule has 13 heteroatoms. The van der Waals surface area contributed by atoms with Crippen molar-refractivity contribution in [2.75, 3.05) is 68.8 Å². The number of ether oxygens (including phenoxy) is 1. The van der Waals surface area contributed by atoms with Crippen LogP contribution in [0.4, 0.5) is 11.5 Å². The van der Waals surface area contributed by atoms with Gasteiger partial charge in [-0.15, -0.1) is 0 Å². The summed E-state index contributed by atoms with van der Waals surface area (Å²) >= 11 is 0. The van der Waals surface area contributed by atoms with Crippen LogP contribution < -0.4 is 19.9 Å². The average Bonchev–Trinajstić information content (AvgIpc) is 3.63. The van der Waals surface area contributed by atoms with E-state index >= 15 is 0 Å². The Morgan fingerprint density at radius 2 is 1.63 bits per heavy atom. The molecule has 4 unspecified atom stereocenters. The first-order valence-corrected chi connectivity index (χ1v) is 23.0. The molecule has 4 atom stereocenters. The van der Waals surface area contributed by atoms with Crippen LogP contribution in [-0.4, -0.2) is 119 Å². The normalized spacial score (nSPS) is 25.5. The van der Waals surface area contributed by atoms with E-state index in [-0.39, 0.29) is 36.1 Å². The van der Waals surface area contributed by atoms with Crippen molar-refractivity contribution < 1.29 is 29.0 Å². The first kappa shape index (κ1) is 39.9. The van der Waals surface area contributed by atoms with Gasteiger partial charge in [-0.1, -0.05) is 42.5 Å². The Kier molecular flexibility index (Phi) is 10.1. The van der Waals surface area contributed by atoms with E-state index in [4.69, 9.17) is 9.72 Å². The van der Waals surface area contributed by atoms with Crippen LogP contribution in [0.2, 0.25) is 0 Å². The number of pyridine rings is 1. The van der Waals surface area contributed by atoms with Crippen molar-refractivity contribution in [3.63, 3.8) is 0 Å². The second-order valence-electron chi connectivity index (χ2n) is 19.0. The molecule has 11 rings (SSSR count). The van der Waals surface area contributed by atoms with Crippen molar-refractivity contribution in [3.8, 4) is 11.5 Å². The van der Waals surface area contributed by atoms with E-state index in [2.05, 4.69) is 74.7 Å². The molecule has 1 spiro atoms. The lowest BCUT2D eigenvalue weighted by molar-refractivity contribution is -0.137. The number of amides is 4. The smallest absolute Gasteiger partial charge is 0.255 e. The molecule has 7 heterocycles. The third-order valence-electron chi connectivity index (χ3n) is 15.5. The number of imide groups is 1. The summed E-state index contributed by atoms with van der Waals surface area (Å²) in [7, 11) is 0. The standard InChI is InChI=1S/C50H55N7O6/c58-37-8-10-39-33(24-37)6-9-38(32-4-2-1-3-5-32)47(39)34-7-12-44(51-27-34)54-20-16-50(17-21-54)14-18-53(19-15-50)30-46(60)55-22-23-56-36(29-55)31-63-43-26-40-35(25-42(43)56)28-57(49(40)62)41-11-13-45(59)52-48(41)61/h1-5,7-8,10,12,24-27,36,38,41,47,58H,6,9,11,13-23,28-31H2,(H,52,59,61). The number of nitrogens with one attached hydrogen (secondary N) is 1. The molecule has 1 aromatic heterocycles. The minimum Gasteiger partial charge on any atom is -0.508 e. The highest BCUT2D eigenvalue weighted by Gasteiger charge is 2.43. The number of nitrogens with zero attached hydrogens (tertiary/aromatic N) is 6. The molecular weight excluding hydrogens is 795 g/mol. The lowest BCUT2D eigenvalue weighted by Gasteiger charge is -2.48. The average molecular weight is 850 g/mol. The maximum atomic E-state index is 13.8. The number of hydrogen-bond acceptors (Lipinski definition) is 10. The molecule has 3 aromatic carbocycles. The third kappa shape index (κ3) is 7.37. The zero-order valence-electron chi connectivity index (χ0n) is 35.7.